The molecule has 4 nitrogen and oxygen atoms in total. The molecule has 4 heteroatoms. The maximum atomic E-state index is 12.6. The molecule has 1 heterocycles. The molecule has 1 saturated heterocycles. The molecule has 0 saturated carbocycles. The largest absolute Gasteiger partial charge is 0.339 e. The van der Waals surface area contributed by atoms with Crippen LogP contribution in [0.1, 0.15) is 64.4 Å². The molecule has 1 N–H and O–H groups in total. The summed E-state index contributed by atoms with van der Waals surface area (Å²) in [5, 5.41) is 2.96. The summed E-state index contributed by atoms with van der Waals surface area (Å²) in [4.78, 5) is 27.0. The van der Waals surface area contributed by atoms with Crippen LogP contribution in [0, 0.1) is 6.92 Å². The van der Waals surface area contributed by atoms with Crippen molar-refractivity contribution in [3.8, 4) is 0 Å². The van der Waals surface area contributed by atoms with Crippen molar-refractivity contribution in [1.29, 1.82) is 0 Å². The van der Waals surface area contributed by atoms with Gasteiger partial charge in [0.25, 0.3) is 11.8 Å². The molecule has 1 aliphatic rings. The van der Waals surface area contributed by atoms with Crippen molar-refractivity contribution in [3.05, 3.63) is 64.7 Å². The van der Waals surface area contributed by atoms with E-state index in [1.54, 1.807) is 6.07 Å². The summed E-state index contributed by atoms with van der Waals surface area (Å²) in [7, 11) is 0. The number of aryl methyl sites for hydroxylation is 1. The third-order valence-electron chi connectivity index (χ3n) is 4.93. The molecule has 1 fully saturated rings. The standard InChI is InChI=1S/C22H26N2O2/c1-15(2)17-7-6-8-18(14-17)21(25)23-20-10-9-19(13-16(20)3)22(26)24-11-4-5-12-24/h6-10,13-15H,4-5,11-12H2,1-3H3,(H,23,25). The number of nitrogens with one attached hydrogen (secondary N) is 1. The Labute approximate surface area is 155 Å². The summed E-state index contributed by atoms with van der Waals surface area (Å²) < 4.78 is 0. The van der Waals surface area contributed by atoms with Gasteiger partial charge in [-0.05, 0) is 67.1 Å². The molecule has 2 amide bonds. The highest BCUT2D eigenvalue weighted by molar-refractivity contribution is 6.05. The van der Waals surface area contributed by atoms with Crippen LogP contribution in [0.5, 0.6) is 0 Å². The van der Waals surface area contributed by atoms with Gasteiger partial charge in [0.1, 0.15) is 0 Å². The minimum absolute atomic E-state index is 0.0770. The number of benzene rings is 2. The molecule has 2 aromatic carbocycles. The van der Waals surface area contributed by atoms with Gasteiger partial charge in [-0.25, -0.2) is 0 Å². The van der Waals surface area contributed by atoms with Crippen molar-refractivity contribution >= 4 is 17.5 Å². The normalized spacial score (nSPS) is 13.9. The van der Waals surface area contributed by atoms with Crippen molar-refractivity contribution in [1.82, 2.24) is 4.90 Å². The Balaban J connectivity index is 1.74. The van der Waals surface area contributed by atoms with E-state index in [2.05, 4.69) is 19.2 Å². The first-order valence-electron chi connectivity index (χ1n) is 9.27. The maximum Gasteiger partial charge on any atom is 0.255 e. The Kier molecular flexibility index (Phi) is 5.40. The Morgan fingerprint density at radius 3 is 2.38 bits per heavy atom. The van der Waals surface area contributed by atoms with Gasteiger partial charge in [-0.1, -0.05) is 26.0 Å². The van der Waals surface area contributed by atoms with Crippen molar-refractivity contribution in [2.24, 2.45) is 0 Å². The van der Waals surface area contributed by atoms with Crippen molar-refractivity contribution in [2.45, 2.75) is 39.5 Å². The molecule has 0 aliphatic carbocycles. The summed E-state index contributed by atoms with van der Waals surface area (Å²) in [5.74, 6) is 0.322. The van der Waals surface area contributed by atoms with Crippen molar-refractivity contribution in [2.75, 3.05) is 18.4 Å². The summed E-state index contributed by atoms with van der Waals surface area (Å²) in [5.41, 5.74) is 4.10. The third-order valence-corrected chi connectivity index (χ3v) is 4.93. The average molecular weight is 350 g/mol. The highest BCUT2D eigenvalue weighted by atomic mass is 16.2. The number of carbonyl (C=O) groups is 2. The fourth-order valence-electron chi connectivity index (χ4n) is 3.27. The van der Waals surface area contributed by atoms with E-state index in [0.717, 1.165) is 42.7 Å². The van der Waals surface area contributed by atoms with Crippen molar-refractivity contribution < 1.29 is 9.59 Å². The second-order valence-electron chi connectivity index (χ2n) is 7.26. The lowest BCUT2D eigenvalue weighted by Crippen LogP contribution is -2.27. The molecule has 1 aliphatic heterocycles. The second-order valence-corrected chi connectivity index (χ2v) is 7.26. The minimum atomic E-state index is -0.130. The zero-order chi connectivity index (χ0) is 18.7. The Morgan fingerprint density at radius 2 is 1.73 bits per heavy atom. The van der Waals surface area contributed by atoms with Crippen LogP contribution in [0.2, 0.25) is 0 Å². The fourth-order valence-corrected chi connectivity index (χ4v) is 3.27. The first-order valence-corrected chi connectivity index (χ1v) is 9.27. The fraction of sp³-hybridized carbons (Fsp3) is 0.364. The number of amides is 2. The lowest BCUT2D eigenvalue weighted by atomic mass is 10.0. The predicted octanol–water partition coefficient (Wildman–Crippen LogP) is 4.61. The molecule has 0 unspecified atom stereocenters. The molecule has 26 heavy (non-hydrogen) atoms. The van der Waals surface area contributed by atoms with E-state index in [1.807, 2.05) is 48.2 Å². The number of carbonyl (C=O) groups excluding carboxylic acids is 2. The lowest BCUT2D eigenvalue weighted by Gasteiger charge is -2.16. The van der Waals surface area contributed by atoms with E-state index in [9.17, 15) is 9.59 Å². The molecule has 2 aromatic rings. The van der Waals surface area contributed by atoms with E-state index in [4.69, 9.17) is 0 Å². The molecule has 0 atom stereocenters. The zero-order valence-corrected chi connectivity index (χ0v) is 15.7. The van der Waals surface area contributed by atoms with Crippen LogP contribution >= 0.6 is 0 Å². The summed E-state index contributed by atoms with van der Waals surface area (Å²) in [6, 6.07) is 13.2. The van der Waals surface area contributed by atoms with Crippen LogP contribution in [0.25, 0.3) is 0 Å². The van der Waals surface area contributed by atoms with Crippen LogP contribution in [-0.4, -0.2) is 29.8 Å². The molecule has 0 aromatic heterocycles. The monoisotopic (exact) mass is 350 g/mol. The number of rotatable bonds is 4. The molecule has 136 valence electrons. The van der Waals surface area contributed by atoms with Gasteiger partial charge in [-0.3, -0.25) is 9.59 Å². The minimum Gasteiger partial charge on any atom is -0.339 e. The van der Waals surface area contributed by atoms with Crippen molar-refractivity contribution in [3.63, 3.8) is 0 Å². The molecule has 3 rings (SSSR count). The van der Waals surface area contributed by atoms with Crippen LogP contribution in [0.4, 0.5) is 5.69 Å². The molecule has 0 bridgehead atoms. The van der Waals surface area contributed by atoms with Gasteiger partial charge in [0.15, 0.2) is 0 Å². The molecular weight excluding hydrogens is 324 g/mol. The third kappa shape index (κ3) is 3.96. The van der Waals surface area contributed by atoms with Crippen LogP contribution < -0.4 is 5.32 Å². The number of nitrogens with zero attached hydrogens (tertiary/aromatic N) is 1. The van der Waals surface area contributed by atoms with Gasteiger partial charge < -0.3 is 10.2 Å². The van der Waals surface area contributed by atoms with Crippen LogP contribution in [-0.2, 0) is 0 Å². The quantitative estimate of drug-likeness (QED) is 0.875. The average Bonchev–Trinajstić information content (AvgIpc) is 3.17. The predicted molar refractivity (Wildman–Crippen MR) is 105 cm³/mol. The van der Waals surface area contributed by atoms with Gasteiger partial charge in [0.05, 0.1) is 0 Å². The summed E-state index contributed by atoms with van der Waals surface area (Å²) >= 11 is 0. The van der Waals surface area contributed by atoms with Gasteiger partial charge in [0.2, 0.25) is 0 Å². The van der Waals surface area contributed by atoms with Crippen LogP contribution in [0.15, 0.2) is 42.5 Å². The number of likely N-dealkylation sites (tertiary alicyclic amines) is 1. The second kappa shape index (κ2) is 7.73. The van der Waals surface area contributed by atoms with E-state index < -0.39 is 0 Å². The number of hydrogen-bond donors (Lipinski definition) is 1. The number of hydrogen-bond acceptors (Lipinski definition) is 2. The van der Waals surface area contributed by atoms with Gasteiger partial charge in [-0.2, -0.15) is 0 Å². The first-order chi connectivity index (χ1) is 12.5. The van der Waals surface area contributed by atoms with Gasteiger partial charge in [0, 0.05) is 29.9 Å². The zero-order valence-electron chi connectivity index (χ0n) is 15.7. The van der Waals surface area contributed by atoms with E-state index in [0.29, 0.717) is 17.0 Å². The topological polar surface area (TPSA) is 49.4 Å². The van der Waals surface area contributed by atoms with Gasteiger partial charge in [-0.15, -0.1) is 0 Å². The lowest BCUT2D eigenvalue weighted by molar-refractivity contribution is 0.0792. The maximum absolute atomic E-state index is 12.6. The Morgan fingerprint density at radius 1 is 1.00 bits per heavy atom. The number of anilines is 1. The summed E-state index contributed by atoms with van der Waals surface area (Å²) in [6.45, 7) is 7.81. The van der Waals surface area contributed by atoms with E-state index in [-0.39, 0.29) is 11.8 Å². The van der Waals surface area contributed by atoms with Crippen LogP contribution in [0.3, 0.4) is 0 Å². The Bertz CT molecular complexity index is 821. The molecule has 0 radical (unpaired) electrons. The van der Waals surface area contributed by atoms with E-state index >= 15 is 0 Å². The molecular formula is C22H26N2O2. The Hall–Kier alpha value is -2.62. The SMILES string of the molecule is Cc1cc(C(=O)N2CCCC2)ccc1NC(=O)c1cccc(C(C)C)c1. The first kappa shape index (κ1) is 18.2. The van der Waals surface area contributed by atoms with Gasteiger partial charge >= 0.3 is 0 Å². The highest BCUT2D eigenvalue weighted by Crippen LogP contribution is 2.21. The highest BCUT2D eigenvalue weighted by Gasteiger charge is 2.20. The molecule has 0 spiro atoms. The summed E-state index contributed by atoms with van der Waals surface area (Å²) in [6.07, 6.45) is 2.16. The smallest absolute Gasteiger partial charge is 0.255 e. The van der Waals surface area contributed by atoms with E-state index in [1.165, 1.54) is 0 Å².